The molecule has 0 saturated carbocycles. The van der Waals surface area contributed by atoms with Crippen molar-refractivity contribution in [1.82, 2.24) is 0 Å². The molecule has 0 atom stereocenters. The van der Waals surface area contributed by atoms with Crippen molar-refractivity contribution in [1.29, 1.82) is 0 Å². The number of hydrogen-bond donors (Lipinski definition) is 2. The van der Waals surface area contributed by atoms with Gasteiger partial charge in [0.2, 0.25) is 0 Å². The number of thiophene rings is 1. The van der Waals surface area contributed by atoms with Crippen LogP contribution in [0, 0.1) is 0 Å². The summed E-state index contributed by atoms with van der Waals surface area (Å²) in [5.74, 6) is -0.402. The van der Waals surface area contributed by atoms with Crippen molar-refractivity contribution < 1.29 is 9.53 Å². The van der Waals surface area contributed by atoms with E-state index < -0.39 is 5.97 Å². The Morgan fingerprint density at radius 3 is 2.50 bits per heavy atom. The maximum atomic E-state index is 12.4. The van der Waals surface area contributed by atoms with Gasteiger partial charge in [-0.1, -0.05) is 53.5 Å². The van der Waals surface area contributed by atoms with Gasteiger partial charge in [-0.05, 0) is 49.0 Å². The van der Waals surface area contributed by atoms with Gasteiger partial charge in [0, 0.05) is 10.6 Å². The molecular formula is C20H16Cl2N2O2S2. The van der Waals surface area contributed by atoms with Crippen LogP contribution < -0.4 is 10.6 Å². The Hall–Kier alpha value is -2.12. The molecule has 0 saturated heterocycles. The van der Waals surface area contributed by atoms with Gasteiger partial charge in [0.15, 0.2) is 5.11 Å². The minimum absolute atomic E-state index is 0.292. The van der Waals surface area contributed by atoms with Crippen molar-refractivity contribution in [3.63, 3.8) is 0 Å². The molecule has 2 aromatic carbocycles. The van der Waals surface area contributed by atoms with Crippen molar-refractivity contribution in [2.45, 2.75) is 6.92 Å². The van der Waals surface area contributed by atoms with Crippen LogP contribution in [0.25, 0.3) is 10.4 Å². The first kappa shape index (κ1) is 20.6. The maximum absolute atomic E-state index is 12.4. The summed E-state index contributed by atoms with van der Waals surface area (Å²) in [7, 11) is 0. The van der Waals surface area contributed by atoms with E-state index in [1.165, 1.54) is 11.3 Å². The number of benzene rings is 2. The second-order valence-corrected chi connectivity index (χ2v) is 7.92. The van der Waals surface area contributed by atoms with Gasteiger partial charge in [-0.15, -0.1) is 11.3 Å². The first-order chi connectivity index (χ1) is 13.5. The highest BCUT2D eigenvalue weighted by Crippen LogP contribution is 2.36. The average molecular weight is 451 g/mol. The van der Waals surface area contributed by atoms with E-state index in [1.54, 1.807) is 25.1 Å². The summed E-state index contributed by atoms with van der Waals surface area (Å²) in [6.45, 7) is 2.06. The number of rotatable bonds is 5. The van der Waals surface area contributed by atoms with Gasteiger partial charge >= 0.3 is 5.97 Å². The molecule has 3 rings (SSSR count). The van der Waals surface area contributed by atoms with Gasteiger partial charge in [-0.25, -0.2) is 4.79 Å². The number of ether oxygens (including phenoxy) is 1. The van der Waals surface area contributed by atoms with E-state index in [-0.39, 0.29) is 0 Å². The van der Waals surface area contributed by atoms with E-state index >= 15 is 0 Å². The third-order valence-electron chi connectivity index (χ3n) is 3.69. The molecule has 0 aliphatic heterocycles. The zero-order valence-electron chi connectivity index (χ0n) is 14.8. The van der Waals surface area contributed by atoms with E-state index in [0.717, 1.165) is 10.4 Å². The normalized spacial score (nSPS) is 10.4. The molecule has 2 N–H and O–H groups in total. The van der Waals surface area contributed by atoms with Gasteiger partial charge < -0.3 is 15.4 Å². The van der Waals surface area contributed by atoms with E-state index in [9.17, 15) is 4.79 Å². The molecule has 28 heavy (non-hydrogen) atoms. The van der Waals surface area contributed by atoms with Crippen LogP contribution in [0.5, 0.6) is 0 Å². The van der Waals surface area contributed by atoms with Crippen LogP contribution in [0.1, 0.15) is 17.3 Å². The van der Waals surface area contributed by atoms with Crippen molar-refractivity contribution in [3.05, 3.63) is 70.2 Å². The van der Waals surface area contributed by atoms with Gasteiger partial charge in [-0.3, -0.25) is 0 Å². The predicted molar refractivity (Wildman–Crippen MR) is 122 cm³/mol. The highest BCUT2D eigenvalue weighted by Gasteiger charge is 2.19. The van der Waals surface area contributed by atoms with E-state index in [4.69, 9.17) is 40.2 Å². The molecule has 3 aromatic rings. The van der Waals surface area contributed by atoms with Crippen molar-refractivity contribution in [2.24, 2.45) is 0 Å². The summed E-state index contributed by atoms with van der Waals surface area (Å²) < 4.78 is 5.18. The fourth-order valence-corrected chi connectivity index (χ4v) is 4.07. The molecule has 1 aromatic heterocycles. The molecule has 0 spiro atoms. The van der Waals surface area contributed by atoms with Crippen LogP contribution in [0.15, 0.2) is 54.6 Å². The van der Waals surface area contributed by atoms with E-state index in [2.05, 4.69) is 10.6 Å². The van der Waals surface area contributed by atoms with Crippen LogP contribution >= 0.6 is 46.8 Å². The molecule has 0 aliphatic carbocycles. The fourth-order valence-electron chi connectivity index (χ4n) is 2.43. The standard InChI is InChI=1S/C20H16Cl2N2O2S2/c1-2-26-19(25)14-11-17(12-6-4-3-5-7-12)28-18(14)24-20(27)23-13-8-9-15(21)16(22)10-13/h3-11H,2H2,1H3,(H2,23,24,27). The number of carbonyl (C=O) groups excluding carboxylic acids is 1. The molecule has 144 valence electrons. The maximum Gasteiger partial charge on any atom is 0.341 e. The Morgan fingerprint density at radius 2 is 1.82 bits per heavy atom. The van der Waals surface area contributed by atoms with E-state index in [1.807, 2.05) is 36.4 Å². The Labute approximate surface area is 182 Å². The van der Waals surface area contributed by atoms with Crippen LogP contribution in [-0.4, -0.2) is 17.7 Å². The molecule has 0 unspecified atom stereocenters. The summed E-state index contributed by atoms with van der Waals surface area (Å²) in [4.78, 5) is 13.3. The van der Waals surface area contributed by atoms with Gasteiger partial charge in [0.1, 0.15) is 5.00 Å². The highest BCUT2D eigenvalue weighted by molar-refractivity contribution is 7.80. The number of nitrogens with one attached hydrogen (secondary N) is 2. The van der Waals surface area contributed by atoms with Crippen LogP contribution in [0.3, 0.4) is 0 Å². The van der Waals surface area contributed by atoms with Crippen molar-refractivity contribution in [3.8, 4) is 10.4 Å². The van der Waals surface area contributed by atoms with Gasteiger partial charge in [-0.2, -0.15) is 0 Å². The molecule has 8 heteroatoms. The minimum atomic E-state index is -0.402. The Morgan fingerprint density at radius 1 is 1.07 bits per heavy atom. The van der Waals surface area contributed by atoms with Crippen molar-refractivity contribution >= 4 is 68.5 Å². The second-order valence-electron chi connectivity index (χ2n) is 5.65. The number of halogens is 2. The minimum Gasteiger partial charge on any atom is -0.462 e. The lowest BCUT2D eigenvalue weighted by molar-refractivity contribution is 0.0528. The molecule has 0 fully saturated rings. The van der Waals surface area contributed by atoms with E-state index in [0.29, 0.717) is 38.0 Å². The fraction of sp³-hybridized carbons (Fsp3) is 0.100. The summed E-state index contributed by atoms with van der Waals surface area (Å²) in [5.41, 5.74) is 2.13. The number of anilines is 2. The summed E-state index contributed by atoms with van der Waals surface area (Å²) >= 11 is 18.8. The Kier molecular flexibility index (Phi) is 6.91. The monoisotopic (exact) mass is 450 g/mol. The van der Waals surface area contributed by atoms with Crippen LogP contribution in [0.4, 0.5) is 10.7 Å². The highest BCUT2D eigenvalue weighted by atomic mass is 35.5. The molecule has 4 nitrogen and oxygen atoms in total. The average Bonchev–Trinajstić information content (AvgIpc) is 3.09. The second kappa shape index (κ2) is 9.39. The van der Waals surface area contributed by atoms with Gasteiger partial charge in [0.25, 0.3) is 0 Å². The lowest BCUT2D eigenvalue weighted by Gasteiger charge is -2.11. The van der Waals surface area contributed by atoms with Crippen LogP contribution in [0.2, 0.25) is 10.0 Å². The Bertz CT molecular complexity index is 1010. The number of carbonyl (C=O) groups is 1. The number of hydrogen-bond acceptors (Lipinski definition) is 4. The molecular weight excluding hydrogens is 435 g/mol. The Balaban J connectivity index is 1.84. The first-order valence-corrected chi connectivity index (χ1v) is 10.4. The molecule has 0 amide bonds. The smallest absolute Gasteiger partial charge is 0.341 e. The molecule has 0 aliphatic rings. The lowest BCUT2D eigenvalue weighted by atomic mass is 10.1. The summed E-state index contributed by atoms with van der Waals surface area (Å²) in [6.07, 6.45) is 0. The molecule has 0 bridgehead atoms. The predicted octanol–water partition coefficient (Wildman–Crippen LogP) is 6.71. The first-order valence-electron chi connectivity index (χ1n) is 8.37. The topological polar surface area (TPSA) is 50.4 Å². The third-order valence-corrected chi connectivity index (χ3v) is 5.73. The molecule has 0 radical (unpaired) electrons. The zero-order valence-corrected chi connectivity index (χ0v) is 17.9. The summed E-state index contributed by atoms with van der Waals surface area (Å²) in [5, 5.41) is 7.93. The SMILES string of the molecule is CCOC(=O)c1cc(-c2ccccc2)sc1NC(=S)Nc1ccc(Cl)c(Cl)c1. The number of thiocarbonyl (C=S) groups is 1. The largest absolute Gasteiger partial charge is 0.462 e. The quantitative estimate of drug-likeness (QED) is 0.334. The third kappa shape index (κ3) is 5.02. The van der Waals surface area contributed by atoms with Crippen LogP contribution in [-0.2, 0) is 4.74 Å². The summed E-state index contributed by atoms with van der Waals surface area (Å²) in [6, 6.07) is 16.7. The number of esters is 1. The molecule has 1 heterocycles. The van der Waals surface area contributed by atoms with Crippen molar-refractivity contribution in [2.75, 3.05) is 17.2 Å². The van der Waals surface area contributed by atoms with Gasteiger partial charge in [0.05, 0.1) is 22.2 Å². The zero-order chi connectivity index (χ0) is 20.1. The lowest BCUT2D eigenvalue weighted by Crippen LogP contribution is -2.20.